The van der Waals surface area contributed by atoms with Crippen LogP contribution in [0.5, 0.6) is 0 Å². The van der Waals surface area contributed by atoms with E-state index in [1.807, 2.05) is 0 Å². The molecule has 1 N–H and O–H groups in total. The van der Waals surface area contributed by atoms with Gasteiger partial charge in [-0.15, -0.1) is 0 Å². The highest BCUT2D eigenvalue weighted by molar-refractivity contribution is 5.33. The molecule has 2 heterocycles. The van der Waals surface area contributed by atoms with Crippen LogP contribution >= 0.6 is 0 Å². The lowest BCUT2D eigenvalue weighted by atomic mass is 9.89. The van der Waals surface area contributed by atoms with Crippen LogP contribution in [-0.4, -0.2) is 43.3 Å². The van der Waals surface area contributed by atoms with E-state index in [1.165, 1.54) is 11.1 Å². The van der Waals surface area contributed by atoms with Crippen molar-refractivity contribution in [3.8, 4) is 0 Å². The second-order valence-electron chi connectivity index (χ2n) is 6.34. The lowest BCUT2D eigenvalue weighted by Gasteiger charge is -2.44. The van der Waals surface area contributed by atoms with Gasteiger partial charge in [0.2, 0.25) is 0 Å². The lowest BCUT2D eigenvalue weighted by Crippen LogP contribution is -2.54. The number of nitrogens with zero attached hydrogens (tertiary/aromatic N) is 1. The quantitative estimate of drug-likeness (QED) is 0.880. The molecule has 0 amide bonds. The van der Waals surface area contributed by atoms with Crippen molar-refractivity contribution in [1.82, 2.24) is 10.2 Å². The minimum Gasteiger partial charge on any atom is -0.378 e. The van der Waals surface area contributed by atoms with E-state index in [1.54, 1.807) is 0 Å². The second kappa shape index (κ2) is 5.23. The van der Waals surface area contributed by atoms with Crippen molar-refractivity contribution in [3.05, 3.63) is 35.4 Å². The van der Waals surface area contributed by atoms with Crippen molar-refractivity contribution in [2.75, 3.05) is 32.8 Å². The molecule has 3 rings (SSSR count). The van der Waals surface area contributed by atoms with Gasteiger partial charge >= 0.3 is 0 Å². The van der Waals surface area contributed by atoms with Gasteiger partial charge in [-0.2, -0.15) is 0 Å². The van der Waals surface area contributed by atoms with Crippen LogP contribution in [-0.2, 0) is 11.3 Å². The molecule has 2 aliphatic rings. The SMILES string of the molecule is CC1(C)COCCN1CC1CNCc2ccccc21. The van der Waals surface area contributed by atoms with E-state index in [0.717, 1.165) is 39.4 Å². The summed E-state index contributed by atoms with van der Waals surface area (Å²) in [6, 6.07) is 8.86. The van der Waals surface area contributed by atoms with Crippen LogP contribution in [0.1, 0.15) is 30.9 Å². The Balaban J connectivity index is 1.77. The molecular weight excluding hydrogens is 236 g/mol. The third-order valence-electron chi connectivity index (χ3n) is 4.46. The van der Waals surface area contributed by atoms with E-state index in [4.69, 9.17) is 4.74 Å². The fourth-order valence-corrected chi connectivity index (χ4v) is 3.24. The first-order valence-electron chi connectivity index (χ1n) is 7.28. The number of hydrogen-bond donors (Lipinski definition) is 1. The largest absolute Gasteiger partial charge is 0.378 e. The standard InChI is InChI=1S/C16H24N2O/c1-16(2)12-19-8-7-18(16)11-14-10-17-9-13-5-3-4-6-15(13)14/h3-6,14,17H,7-12H2,1-2H3. The Morgan fingerprint density at radius 2 is 2.21 bits per heavy atom. The molecule has 19 heavy (non-hydrogen) atoms. The van der Waals surface area contributed by atoms with Gasteiger partial charge < -0.3 is 10.1 Å². The molecule has 0 radical (unpaired) electrons. The molecule has 3 nitrogen and oxygen atoms in total. The van der Waals surface area contributed by atoms with Gasteiger partial charge in [-0.05, 0) is 25.0 Å². The summed E-state index contributed by atoms with van der Waals surface area (Å²) in [5, 5.41) is 3.55. The van der Waals surface area contributed by atoms with Gasteiger partial charge in [0, 0.05) is 37.6 Å². The third-order valence-corrected chi connectivity index (χ3v) is 4.46. The highest BCUT2D eigenvalue weighted by atomic mass is 16.5. The summed E-state index contributed by atoms with van der Waals surface area (Å²) in [7, 11) is 0. The van der Waals surface area contributed by atoms with Gasteiger partial charge in [0.05, 0.1) is 13.2 Å². The van der Waals surface area contributed by atoms with Gasteiger partial charge in [0.25, 0.3) is 0 Å². The highest BCUT2D eigenvalue weighted by Gasteiger charge is 2.33. The Hall–Kier alpha value is -0.900. The lowest BCUT2D eigenvalue weighted by molar-refractivity contribution is -0.0535. The number of hydrogen-bond acceptors (Lipinski definition) is 3. The summed E-state index contributed by atoms with van der Waals surface area (Å²) < 4.78 is 5.62. The molecule has 1 saturated heterocycles. The molecule has 1 unspecified atom stereocenters. The normalized spacial score (nSPS) is 26.9. The Bertz CT molecular complexity index is 444. The van der Waals surface area contributed by atoms with E-state index in [9.17, 15) is 0 Å². The van der Waals surface area contributed by atoms with Gasteiger partial charge in [0.1, 0.15) is 0 Å². The predicted octanol–water partition coefficient (Wildman–Crippen LogP) is 1.98. The molecule has 2 aliphatic heterocycles. The average molecular weight is 260 g/mol. The summed E-state index contributed by atoms with van der Waals surface area (Å²) in [6.45, 7) is 10.6. The van der Waals surface area contributed by atoms with Crippen molar-refractivity contribution in [2.24, 2.45) is 0 Å². The molecule has 1 atom stereocenters. The molecule has 104 valence electrons. The summed E-state index contributed by atoms with van der Waals surface area (Å²) in [5.74, 6) is 0.599. The van der Waals surface area contributed by atoms with Crippen LogP contribution in [0.25, 0.3) is 0 Å². The zero-order valence-corrected chi connectivity index (χ0v) is 12.0. The Kier molecular flexibility index (Phi) is 3.61. The Labute approximate surface area is 115 Å². The van der Waals surface area contributed by atoms with Gasteiger partial charge in [-0.3, -0.25) is 4.90 Å². The molecule has 0 spiro atoms. The minimum absolute atomic E-state index is 0.157. The van der Waals surface area contributed by atoms with E-state index in [-0.39, 0.29) is 5.54 Å². The summed E-state index contributed by atoms with van der Waals surface area (Å²) in [6.07, 6.45) is 0. The number of nitrogens with one attached hydrogen (secondary N) is 1. The molecule has 0 bridgehead atoms. The fourth-order valence-electron chi connectivity index (χ4n) is 3.24. The van der Waals surface area contributed by atoms with Crippen LogP contribution in [0.15, 0.2) is 24.3 Å². The van der Waals surface area contributed by atoms with Crippen LogP contribution in [0.2, 0.25) is 0 Å². The smallest absolute Gasteiger partial charge is 0.0645 e. The first-order chi connectivity index (χ1) is 9.17. The average Bonchev–Trinajstić information content (AvgIpc) is 2.41. The van der Waals surface area contributed by atoms with Crippen LogP contribution in [0.4, 0.5) is 0 Å². The second-order valence-corrected chi connectivity index (χ2v) is 6.34. The van der Waals surface area contributed by atoms with Gasteiger partial charge in [-0.25, -0.2) is 0 Å². The fraction of sp³-hybridized carbons (Fsp3) is 0.625. The molecule has 3 heteroatoms. The molecule has 0 aliphatic carbocycles. The first kappa shape index (κ1) is 13.1. The zero-order valence-electron chi connectivity index (χ0n) is 12.0. The van der Waals surface area contributed by atoms with Crippen molar-refractivity contribution in [1.29, 1.82) is 0 Å². The first-order valence-corrected chi connectivity index (χ1v) is 7.28. The number of rotatable bonds is 2. The zero-order chi connectivity index (χ0) is 13.3. The Morgan fingerprint density at radius 3 is 3.05 bits per heavy atom. The molecule has 1 fully saturated rings. The van der Waals surface area contributed by atoms with Gasteiger partial charge in [-0.1, -0.05) is 24.3 Å². The monoisotopic (exact) mass is 260 g/mol. The minimum atomic E-state index is 0.157. The van der Waals surface area contributed by atoms with E-state index in [2.05, 4.69) is 48.3 Å². The summed E-state index contributed by atoms with van der Waals surface area (Å²) in [4.78, 5) is 2.59. The maximum Gasteiger partial charge on any atom is 0.0645 e. The highest BCUT2D eigenvalue weighted by Crippen LogP contribution is 2.28. The molecule has 0 aromatic heterocycles. The third kappa shape index (κ3) is 2.69. The van der Waals surface area contributed by atoms with Crippen LogP contribution in [0, 0.1) is 0 Å². The molecule has 1 aromatic carbocycles. The summed E-state index contributed by atoms with van der Waals surface area (Å²) >= 11 is 0. The van der Waals surface area contributed by atoms with Crippen molar-refractivity contribution >= 4 is 0 Å². The van der Waals surface area contributed by atoms with Crippen molar-refractivity contribution in [2.45, 2.75) is 31.8 Å². The van der Waals surface area contributed by atoms with Crippen molar-refractivity contribution < 1.29 is 4.74 Å². The molecule has 0 saturated carbocycles. The van der Waals surface area contributed by atoms with Gasteiger partial charge in [0.15, 0.2) is 0 Å². The molecular formula is C16H24N2O. The van der Waals surface area contributed by atoms with Crippen molar-refractivity contribution in [3.63, 3.8) is 0 Å². The van der Waals surface area contributed by atoms with E-state index < -0.39 is 0 Å². The number of ether oxygens (including phenoxy) is 1. The van der Waals surface area contributed by atoms with Crippen LogP contribution < -0.4 is 5.32 Å². The number of fused-ring (bicyclic) bond motifs is 1. The topological polar surface area (TPSA) is 24.5 Å². The van der Waals surface area contributed by atoms with E-state index in [0.29, 0.717) is 5.92 Å². The molecule has 1 aromatic rings. The van der Waals surface area contributed by atoms with Crippen LogP contribution in [0.3, 0.4) is 0 Å². The van der Waals surface area contributed by atoms with E-state index >= 15 is 0 Å². The Morgan fingerprint density at radius 1 is 1.37 bits per heavy atom. The predicted molar refractivity (Wildman–Crippen MR) is 77.4 cm³/mol. The number of morpholine rings is 1. The summed E-state index contributed by atoms with van der Waals surface area (Å²) in [5.41, 5.74) is 3.15. The maximum atomic E-state index is 5.62. The number of benzene rings is 1. The maximum absolute atomic E-state index is 5.62.